The van der Waals surface area contributed by atoms with Crippen LogP contribution < -0.4 is 10.6 Å². The van der Waals surface area contributed by atoms with Crippen LogP contribution >= 0.6 is 22.7 Å². The highest BCUT2D eigenvalue weighted by atomic mass is 32.1. The molecular formula is C14H19N5OS2. The van der Waals surface area contributed by atoms with Crippen LogP contribution in [0.25, 0.3) is 0 Å². The van der Waals surface area contributed by atoms with Gasteiger partial charge < -0.3 is 5.32 Å². The van der Waals surface area contributed by atoms with Gasteiger partial charge in [-0.2, -0.15) is 0 Å². The molecular weight excluding hydrogens is 318 g/mol. The third-order valence-electron chi connectivity index (χ3n) is 3.77. The monoisotopic (exact) mass is 337 g/mol. The zero-order valence-electron chi connectivity index (χ0n) is 12.6. The molecule has 0 bridgehead atoms. The average molecular weight is 337 g/mol. The van der Waals surface area contributed by atoms with E-state index in [-0.39, 0.29) is 6.03 Å². The molecule has 0 unspecified atom stereocenters. The van der Waals surface area contributed by atoms with Crippen molar-refractivity contribution < 1.29 is 4.79 Å². The van der Waals surface area contributed by atoms with Gasteiger partial charge in [0, 0.05) is 30.6 Å². The molecule has 2 N–H and O–H groups in total. The maximum absolute atomic E-state index is 11.9. The number of carbonyl (C=O) groups excluding carboxylic acids is 1. The zero-order valence-corrected chi connectivity index (χ0v) is 14.3. The van der Waals surface area contributed by atoms with Crippen molar-refractivity contribution in [1.82, 2.24) is 20.4 Å². The van der Waals surface area contributed by atoms with Crippen molar-refractivity contribution in [1.29, 1.82) is 0 Å². The van der Waals surface area contributed by atoms with Gasteiger partial charge in [0.05, 0.1) is 0 Å². The first-order valence-corrected chi connectivity index (χ1v) is 8.95. The van der Waals surface area contributed by atoms with Crippen LogP contribution in [0.4, 0.5) is 9.93 Å². The van der Waals surface area contributed by atoms with E-state index in [4.69, 9.17) is 0 Å². The highest BCUT2D eigenvalue weighted by Gasteiger charge is 2.21. The Labute approximate surface area is 137 Å². The molecule has 2 aromatic heterocycles. The normalized spacial score (nSPS) is 16.1. The second-order valence-corrected chi connectivity index (χ2v) is 7.58. The van der Waals surface area contributed by atoms with Gasteiger partial charge in [-0.05, 0) is 37.3 Å². The molecule has 0 fully saturated rings. The molecule has 0 aromatic carbocycles. The van der Waals surface area contributed by atoms with Crippen molar-refractivity contribution in [2.75, 3.05) is 18.4 Å². The Balaban J connectivity index is 1.46. The first-order valence-electron chi connectivity index (χ1n) is 7.26. The van der Waals surface area contributed by atoms with Gasteiger partial charge in [0.2, 0.25) is 5.13 Å². The zero-order chi connectivity index (χ0) is 15.5. The van der Waals surface area contributed by atoms with E-state index in [0.29, 0.717) is 17.7 Å². The molecule has 0 radical (unpaired) electrons. The molecule has 8 heteroatoms. The Morgan fingerprint density at radius 2 is 2.36 bits per heavy atom. The van der Waals surface area contributed by atoms with Gasteiger partial charge in [-0.15, -0.1) is 21.5 Å². The number of aromatic nitrogens is 2. The topological polar surface area (TPSA) is 70.1 Å². The van der Waals surface area contributed by atoms with Crippen molar-refractivity contribution in [3.63, 3.8) is 0 Å². The molecule has 6 nitrogen and oxygen atoms in total. The summed E-state index contributed by atoms with van der Waals surface area (Å²) in [5.74, 6) is 0. The third kappa shape index (κ3) is 3.63. The lowest BCUT2D eigenvalue weighted by molar-refractivity contribution is 0.188. The van der Waals surface area contributed by atoms with Crippen molar-refractivity contribution in [2.45, 2.75) is 32.9 Å². The van der Waals surface area contributed by atoms with Crippen LogP contribution in [-0.4, -0.2) is 40.3 Å². The minimum atomic E-state index is -0.226. The number of anilines is 1. The van der Waals surface area contributed by atoms with Crippen molar-refractivity contribution >= 4 is 33.8 Å². The van der Waals surface area contributed by atoms with E-state index in [0.717, 1.165) is 24.5 Å². The highest BCUT2D eigenvalue weighted by molar-refractivity contribution is 7.15. The van der Waals surface area contributed by atoms with E-state index in [2.05, 4.69) is 44.1 Å². The molecule has 3 rings (SSSR count). The first kappa shape index (κ1) is 15.4. The number of nitrogens with one attached hydrogen (secondary N) is 2. The number of hydrogen-bond donors (Lipinski definition) is 2. The fraction of sp³-hybridized carbons (Fsp3) is 0.500. The SMILES string of the molecule is Cc1nnc(NC(=O)NC[C@H](C)N2CCc3sccc3C2)s1. The molecule has 2 aromatic rings. The Bertz CT molecular complexity index is 653. The summed E-state index contributed by atoms with van der Waals surface area (Å²) in [7, 11) is 0. The maximum Gasteiger partial charge on any atom is 0.321 e. The molecule has 2 amide bonds. The smallest absolute Gasteiger partial charge is 0.321 e. The number of urea groups is 1. The Morgan fingerprint density at radius 3 is 3.14 bits per heavy atom. The van der Waals surface area contributed by atoms with Gasteiger partial charge in [0.25, 0.3) is 0 Å². The minimum Gasteiger partial charge on any atom is -0.336 e. The van der Waals surface area contributed by atoms with Crippen molar-refractivity contribution in [2.24, 2.45) is 0 Å². The van der Waals surface area contributed by atoms with Crippen LogP contribution in [0.15, 0.2) is 11.4 Å². The Morgan fingerprint density at radius 1 is 1.50 bits per heavy atom. The van der Waals surface area contributed by atoms with Gasteiger partial charge in [0.15, 0.2) is 0 Å². The summed E-state index contributed by atoms with van der Waals surface area (Å²) in [4.78, 5) is 15.8. The summed E-state index contributed by atoms with van der Waals surface area (Å²) in [5, 5.41) is 16.9. The average Bonchev–Trinajstić information content (AvgIpc) is 3.12. The second kappa shape index (κ2) is 6.72. The summed E-state index contributed by atoms with van der Waals surface area (Å²) in [6.45, 7) is 6.64. The van der Waals surface area contributed by atoms with Gasteiger partial charge in [-0.25, -0.2) is 4.79 Å². The fourth-order valence-corrected chi connectivity index (χ4v) is 3.98. The van der Waals surface area contributed by atoms with Gasteiger partial charge >= 0.3 is 6.03 Å². The largest absolute Gasteiger partial charge is 0.336 e. The fourth-order valence-electron chi connectivity index (χ4n) is 2.50. The van der Waals surface area contributed by atoms with Gasteiger partial charge in [-0.3, -0.25) is 10.2 Å². The summed E-state index contributed by atoms with van der Waals surface area (Å²) in [6.07, 6.45) is 1.10. The van der Waals surface area contributed by atoms with E-state index < -0.39 is 0 Å². The van der Waals surface area contributed by atoms with Crippen molar-refractivity contribution in [3.05, 3.63) is 26.9 Å². The van der Waals surface area contributed by atoms with Crippen molar-refractivity contribution in [3.8, 4) is 0 Å². The standard InChI is InChI=1S/C14H19N5OS2/c1-9(19-5-3-12-11(8-19)4-6-21-12)7-15-13(20)16-14-18-17-10(2)22-14/h4,6,9H,3,5,7-8H2,1-2H3,(H2,15,16,18,20)/t9-/m0/s1. The van der Waals surface area contributed by atoms with Crippen LogP contribution in [0.1, 0.15) is 22.4 Å². The number of thiophene rings is 1. The van der Waals surface area contributed by atoms with Gasteiger partial charge in [-0.1, -0.05) is 11.3 Å². The first-order chi connectivity index (χ1) is 10.6. The number of rotatable bonds is 4. The highest BCUT2D eigenvalue weighted by Crippen LogP contribution is 2.24. The Kier molecular flexibility index (Phi) is 4.70. The minimum absolute atomic E-state index is 0.226. The maximum atomic E-state index is 11.9. The number of amides is 2. The molecule has 22 heavy (non-hydrogen) atoms. The molecule has 118 valence electrons. The van der Waals surface area contributed by atoms with Crippen LogP contribution in [0.2, 0.25) is 0 Å². The molecule has 0 saturated carbocycles. The van der Waals surface area contributed by atoms with E-state index in [1.54, 1.807) is 0 Å². The number of aryl methyl sites for hydroxylation is 1. The molecule has 0 saturated heterocycles. The predicted octanol–water partition coefficient (Wildman–Crippen LogP) is 2.48. The quantitative estimate of drug-likeness (QED) is 0.899. The lowest BCUT2D eigenvalue weighted by Gasteiger charge is -2.32. The summed E-state index contributed by atoms with van der Waals surface area (Å²) in [5.41, 5.74) is 1.43. The molecule has 1 aliphatic heterocycles. The van der Waals surface area contributed by atoms with E-state index in [1.807, 2.05) is 18.3 Å². The summed E-state index contributed by atoms with van der Waals surface area (Å²) < 4.78 is 0. The number of nitrogens with zero attached hydrogens (tertiary/aromatic N) is 3. The number of fused-ring (bicyclic) bond motifs is 1. The molecule has 3 heterocycles. The third-order valence-corrected chi connectivity index (χ3v) is 5.54. The molecule has 1 atom stereocenters. The second-order valence-electron chi connectivity index (χ2n) is 5.40. The van der Waals surface area contributed by atoms with Gasteiger partial charge in [0.1, 0.15) is 5.01 Å². The summed E-state index contributed by atoms with van der Waals surface area (Å²) in [6, 6.07) is 2.28. The number of hydrogen-bond acceptors (Lipinski definition) is 6. The van der Waals surface area contributed by atoms with Crippen LogP contribution in [0, 0.1) is 6.92 Å². The molecule has 0 spiro atoms. The van der Waals surface area contributed by atoms with Crippen LogP contribution in [-0.2, 0) is 13.0 Å². The Hall–Kier alpha value is -1.51. The molecule has 0 aliphatic carbocycles. The number of carbonyl (C=O) groups is 1. The lowest BCUT2D eigenvalue weighted by Crippen LogP contribution is -2.45. The molecule has 1 aliphatic rings. The van der Waals surface area contributed by atoms with Crippen LogP contribution in [0.3, 0.4) is 0 Å². The van der Waals surface area contributed by atoms with Crippen LogP contribution in [0.5, 0.6) is 0 Å². The van der Waals surface area contributed by atoms with E-state index in [1.165, 1.54) is 21.8 Å². The summed E-state index contributed by atoms with van der Waals surface area (Å²) >= 11 is 3.21. The lowest BCUT2D eigenvalue weighted by atomic mass is 10.1. The predicted molar refractivity (Wildman–Crippen MR) is 89.6 cm³/mol. The van der Waals surface area contributed by atoms with E-state index >= 15 is 0 Å². The van der Waals surface area contributed by atoms with E-state index in [9.17, 15) is 4.79 Å².